The Kier molecular flexibility index (Phi) is 5.57. The second-order valence-corrected chi connectivity index (χ2v) is 6.74. The number of carbonyl (C=O) groups is 2. The summed E-state index contributed by atoms with van der Waals surface area (Å²) in [7, 11) is 0. The molecule has 1 saturated carbocycles. The topological polar surface area (TPSA) is 92.2 Å². The minimum absolute atomic E-state index is 0.0373. The van der Waals surface area contributed by atoms with Gasteiger partial charge in [0.15, 0.2) is 0 Å². The Morgan fingerprint density at radius 3 is 2.39 bits per heavy atom. The minimum atomic E-state index is -1.24. The molecule has 1 fully saturated rings. The van der Waals surface area contributed by atoms with Crippen LogP contribution in [0.5, 0.6) is 0 Å². The lowest BCUT2D eigenvalue weighted by atomic mass is 9.90. The lowest BCUT2D eigenvalue weighted by Gasteiger charge is -2.29. The highest BCUT2D eigenvalue weighted by Gasteiger charge is 2.40. The fourth-order valence-corrected chi connectivity index (χ4v) is 3.00. The van der Waals surface area contributed by atoms with Crippen molar-refractivity contribution < 1.29 is 14.7 Å². The molecule has 0 saturated heterocycles. The van der Waals surface area contributed by atoms with E-state index in [1.807, 2.05) is 13.8 Å². The van der Waals surface area contributed by atoms with Crippen LogP contribution in [0.15, 0.2) is 6.20 Å². The van der Waals surface area contributed by atoms with Gasteiger partial charge in [-0.15, -0.1) is 0 Å². The van der Waals surface area contributed by atoms with Crippen molar-refractivity contribution in [2.45, 2.75) is 63.8 Å². The summed E-state index contributed by atoms with van der Waals surface area (Å²) in [5.41, 5.74) is -1.20. The molecule has 0 atom stereocenters. The first-order valence-corrected chi connectivity index (χ1v) is 8.32. The number of rotatable bonds is 4. The van der Waals surface area contributed by atoms with Gasteiger partial charge in [0, 0.05) is 5.92 Å². The van der Waals surface area contributed by atoms with Crippen LogP contribution in [0.2, 0.25) is 5.02 Å². The maximum atomic E-state index is 12.6. The second kappa shape index (κ2) is 7.25. The van der Waals surface area contributed by atoms with E-state index in [9.17, 15) is 14.7 Å². The Balaban J connectivity index is 2.28. The molecule has 1 aromatic rings. The van der Waals surface area contributed by atoms with Crippen molar-refractivity contribution in [1.29, 1.82) is 0 Å². The van der Waals surface area contributed by atoms with Crippen molar-refractivity contribution in [1.82, 2.24) is 15.3 Å². The molecule has 0 unspecified atom stereocenters. The third kappa shape index (κ3) is 3.99. The van der Waals surface area contributed by atoms with E-state index in [1.165, 1.54) is 6.20 Å². The van der Waals surface area contributed by atoms with Crippen molar-refractivity contribution in [3.8, 4) is 0 Å². The molecular weight excluding hydrogens is 318 g/mol. The van der Waals surface area contributed by atoms with E-state index in [2.05, 4.69) is 15.3 Å². The smallest absolute Gasteiger partial charge is 0.329 e. The van der Waals surface area contributed by atoms with Gasteiger partial charge in [0.05, 0.1) is 11.2 Å². The van der Waals surface area contributed by atoms with Crippen LogP contribution >= 0.6 is 11.6 Å². The Morgan fingerprint density at radius 1 is 1.26 bits per heavy atom. The number of amides is 1. The van der Waals surface area contributed by atoms with Gasteiger partial charge in [-0.25, -0.2) is 14.8 Å². The number of hydrogen-bond donors (Lipinski definition) is 2. The van der Waals surface area contributed by atoms with E-state index in [0.717, 1.165) is 25.7 Å². The summed E-state index contributed by atoms with van der Waals surface area (Å²) in [5, 5.41) is 12.4. The molecule has 1 aliphatic rings. The SMILES string of the molecule is CC(C)c1ncc(Cl)c(C(=O)NC2(C(=O)O)CCCCCC2)n1. The zero-order valence-electron chi connectivity index (χ0n) is 13.4. The number of halogens is 1. The van der Waals surface area contributed by atoms with E-state index in [-0.39, 0.29) is 16.6 Å². The average molecular weight is 340 g/mol. The first kappa shape index (κ1) is 17.7. The first-order valence-electron chi connectivity index (χ1n) is 7.94. The average Bonchev–Trinajstić information content (AvgIpc) is 2.74. The van der Waals surface area contributed by atoms with Gasteiger partial charge in [0.2, 0.25) is 0 Å². The van der Waals surface area contributed by atoms with Gasteiger partial charge < -0.3 is 10.4 Å². The van der Waals surface area contributed by atoms with Crippen LogP contribution in [0.1, 0.15) is 74.6 Å². The lowest BCUT2D eigenvalue weighted by Crippen LogP contribution is -2.54. The van der Waals surface area contributed by atoms with E-state index in [0.29, 0.717) is 18.7 Å². The van der Waals surface area contributed by atoms with Crippen molar-refractivity contribution in [2.24, 2.45) is 0 Å². The molecule has 0 bridgehead atoms. The summed E-state index contributed by atoms with van der Waals surface area (Å²) >= 11 is 6.04. The van der Waals surface area contributed by atoms with Gasteiger partial charge in [-0.1, -0.05) is 51.1 Å². The van der Waals surface area contributed by atoms with E-state index in [1.54, 1.807) is 0 Å². The molecule has 1 aliphatic carbocycles. The van der Waals surface area contributed by atoms with Crippen LogP contribution in [-0.4, -0.2) is 32.5 Å². The van der Waals surface area contributed by atoms with Crippen molar-refractivity contribution in [2.75, 3.05) is 0 Å². The van der Waals surface area contributed by atoms with Crippen LogP contribution < -0.4 is 5.32 Å². The Hall–Kier alpha value is -1.69. The predicted octanol–water partition coefficient (Wildman–Crippen LogP) is 3.16. The van der Waals surface area contributed by atoms with Crippen LogP contribution in [-0.2, 0) is 4.79 Å². The van der Waals surface area contributed by atoms with Crippen molar-refractivity contribution >= 4 is 23.5 Å². The minimum Gasteiger partial charge on any atom is -0.480 e. The number of hydrogen-bond acceptors (Lipinski definition) is 4. The summed E-state index contributed by atoms with van der Waals surface area (Å²) in [4.78, 5) is 32.7. The Bertz CT molecular complexity index is 596. The third-order valence-electron chi connectivity index (χ3n) is 4.21. The molecule has 2 rings (SSSR count). The molecule has 7 heteroatoms. The molecule has 6 nitrogen and oxygen atoms in total. The molecule has 1 amide bonds. The number of nitrogens with one attached hydrogen (secondary N) is 1. The number of aromatic nitrogens is 2. The van der Waals surface area contributed by atoms with Crippen LogP contribution in [0.4, 0.5) is 0 Å². The Labute approximate surface area is 140 Å². The first-order chi connectivity index (χ1) is 10.9. The van der Waals surface area contributed by atoms with Gasteiger partial charge in [-0.05, 0) is 12.8 Å². The molecular formula is C16H22ClN3O3. The van der Waals surface area contributed by atoms with Crippen molar-refractivity contribution in [3.05, 3.63) is 22.7 Å². The molecule has 1 heterocycles. The largest absolute Gasteiger partial charge is 0.480 e. The van der Waals surface area contributed by atoms with E-state index in [4.69, 9.17) is 11.6 Å². The monoisotopic (exact) mass is 339 g/mol. The predicted molar refractivity (Wildman–Crippen MR) is 86.7 cm³/mol. The van der Waals surface area contributed by atoms with Crippen LogP contribution in [0.25, 0.3) is 0 Å². The quantitative estimate of drug-likeness (QED) is 0.822. The van der Waals surface area contributed by atoms with Crippen LogP contribution in [0.3, 0.4) is 0 Å². The highest BCUT2D eigenvalue weighted by atomic mass is 35.5. The van der Waals surface area contributed by atoms with Gasteiger partial charge in [0.25, 0.3) is 5.91 Å². The zero-order valence-corrected chi connectivity index (χ0v) is 14.2. The van der Waals surface area contributed by atoms with Crippen molar-refractivity contribution in [3.63, 3.8) is 0 Å². The summed E-state index contributed by atoms with van der Waals surface area (Å²) in [6.07, 6.45) is 5.76. The van der Waals surface area contributed by atoms with E-state index < -0.39 is 17.4 Å². The Morgan fingerprint density at radius 2 is 1.87 bits per heavy atom. The van der Waals surface area contributed by atoms with Gasteiger partial charge in [0.1, 0.15) is 17.1 Å². The fraction of sp³-hybridized carbons (Fsp3) is 0.625. The number of carboxylic acid groups (broad SMARTS) is 1. The standard InChI is InChI=1S/C16H22ClN3O3/c1-10(2)13-18-9-11(17)12(19-13)14(21)20-16(15(22)23)7-5-3-4-6-8-16/h9-10H,3-8H2,1-2H3,(H,20,21)(H,22,23). The third-order valence-corrected chi connectivity index (χ3v) is 4.49. The molecule has 2 N–H and O–H groups in total. The normalized spacial score (nSPS) is 17.6. The van der Waals surface area contributed by atoms with Gasteiger partial charge in [-0.3, -0.25) is 4.79 Å². The summed E-state index contributed by atoms with van der Waals surface area (Å²) in [6, 6.07) is 0. The van der Waals surface area contributed by atoms with E-state index >= 15 is 0 Å². The summed E-state index contributed by atoms with van der Waals surface area (Å²) < 4.78 is 0. The lowest BCUT2D eigenvalue weighted by molar-refractivity contribution is -0.145. The highest BCUT2D eigenvalue weighted by Crippen LogP contribution is 2.28. The maximum Gasteiger partial charge on any atom is 0.329 e. The molecule has 0 aromatic carbocycles. The molecule has 0 aliphatic heterocycles. The number of carboxylic acids is 1. The highest BCUT2D eigenvalue weighted by molar-refractivity contribution is 6.33. The summed E-state index contributed by atoms with van der Waals surface area (Å²) in [6.45, 7) is 3.82. The molecule has 1 aromatic heterocycles. The second-order valence-electron chi connectivity index (χ2n) is 6.34. The number of carbonyl (C=O) groups excluding carboxylic acids is 1. The van der Waals surface area contributed by atoms with Gasteiger partial charge >= 0.3 is 5.97 Å². The maximum absolute atomic E-state index is 12.6. The number of nitrogens with zero attached hydrogens (tertiary/aromatic N) is 2. The molecule has 0 spiro atoms. The van der Waals surface area contributed by atoms with Gasteiger partial charge in [-0.2, -0.15) is 0 Å². The van der Waals surface area contributed by atoms with Crippen LogP contribution in [0, 0.1) is 0 Å². The molecule has 126 valence electrons. The molecule has 23 heavy (non-hydrogen) atoms. The number of aliphatic carboxylic acids is 1. The summed E-state index contributed by atoms with van der Waals surface area (Å²) in [5.74, 6) is -1.000. The zero-order chi connectivity index (χ0) is 17.0. The fourth-order valence-electron chi connectivity index (χ4n) is 2.82. The molecule has 0 radical (unpaired) electrons.